The molecule has 0 saturated heterocycles. The van der Waals surface area contributed by atoms with E-state index in [9.17, 15) is 9.90 Å². The van der Waals surface area contributed by atoms with Crippen molar-refractivity contribution in [3.8, 4) is 17.2 Å². The van der Waals surface area contributed by atoms with E-state index in [1.807, 2.05) is 24.3 Å². The summed E-state index contributed by atoms with van der Waals surface area (Å²) in [7, 11) is 4.50. The zero-order valence-corrected chi connectivity index (χ0v) is 15.8. The highest BCUT2D eigenvalue weighted by molar-refractivity contribution is 8.04. The van der Waals surface area contributed by atoms with Gasteiger partial charge in [-0.05, 0) is 42.1 Å². The van der Waals surface area contributed by atoms with Gasteiger partial charge >= 0.3 is 5.97 Å². The van der Waals surface area contributed by atoms with Crippen molar-refractivity contribution in [3.63, 3.8) is 0 Å². The number of aromatic amines is 1. The van der Waals surface area contributed by atoms with E-state index in [0.29, 0.717) is 28.0 Å². The highest BCUT2D eigenvalue weighted by Gasteiger charge is 2.18. The minimum Gasteiger partial charge on any atom is -0.493 e. The number of aliphatic carboxylic acids is 1. The van der Waals surface area contributed by atoms with Crippen molar-refractivity contribution in [3.05, 3.63) is 46.9 Å². The number of ether oxygens (including phenoxy) is 3. The van der Waals surface area contributed by atoms with Crippen LogP contribution in [0.2, 0.25) is 0 Å². The molecule has 0 aliphatic rings. The number of carboxylic acid groups (broad SMARTS) is 1. The molecule has 7 nitrogen and oxygen atoms in total. The van der Waals surface area contributed by atoms with Crippen LogP contribution in [0.15, 0.2) is 46.5 Å². The number of H-pyrrole nitrogens is 1. The number of benzene rings is 2. The molecule has 0 spiro atoms. The molecule has 3 aromatic rings. The Morgan fingerprint density at radius 3 is 2.44 bits per heavy atom. The van der Waals surface area contributed by atoms with Gasteiger partial charge in [0.05, 0.1) is 32.4 Å². The SMILES string of the molecule is COc1ccc(/C=C(\Sc2nc3ccccc3[nH]2)C(=O)O)c(OC)c1OC. The summed E-state index contributed by atoms with van der Waals surface area (Å²) < 4.78 is 16.0. The van der Waals surface area contributed by atoms with Gasteiger partial charge in [-0.2, -0.15) is 0 Å². The van der Waals surface area contributed by atoms with Crippen LogP contribution in [-0.4, -0.2) is 42.4 Å². The third kappa shape index (κ3) is 3.85. The fourth-order valence-corrected chi connectivity index (χ4v) is 3.38. The van der Waals surface area contributed by atoms with Gasteiger partial charge < -0.3 is 24.3 Å². The lowest BCUT2D eigenvalue weighted by molar-refractivity contribution is -0.131. The van der Waals surface area contributed by atoms with Gasteiger partial charge in [-0.15, -0.1) is 0 Å². The molecule has 8 heteroatoms. The molecule has 0 fully saturated rings. The topological polar surface area (TPSA) is 93.7 Å². The summed E-state index contributed by atoms with van der Waals surface area (Å²) in [6.45, 7) is 0. The molecule has 0 atom stereocenters. The van der Waals surface area contributed by atoms with E-state index in [2.05, 4.69) is 9.97 Å². The van der Waals surface area contributed by atoms with Crippen LogP contribution < -0.4 is 14.2 Å². The van der Waals surface area contributed by atoms with Gasteiger partial charge in [0, 0.05) is 5.56 Å². The number of rotatable bonds is 7. The number of carboxylic acids is 1. The van der Waals surface area contributed by atoms with Crippen molar-refractivity contribution in [2.24, 2.45) is 0 Å². The van der Waals surface area contributed by atoms with Crippen LogP contribution in [-0.2, 0) is 4.79 Å². The highest BCUT2D eigenvalue weighted by Crippen LogP contribution is 2.41. The number of methoxy groups -OCH3 is 3. The van der Waals surface area contributed by atoms with Crippen molar-refractivity contribution in [1.82, 2.24) is 9.97 Å². The Hall–Kier alpha value is -3.13. The molecule has 0 aliphatic heterocycles. The first-order valence-corrected chi connectivity index (χ1v) is 8.75. The van der Waals surface area contributed by atoms with Crippen molar-refractivity contribution >= 4 is 34.8 Å². The number of hydrogen-bond acceptors (Lipinski definition) is 6. The maximum atomic E-state index is 11.8. The molecule has 0 bridgehead atoms. The Labute approximate surface area is 160 Å². The van der Waals surface area contributed by atoms with Crippen molar-refractivity contribution in [1.29, 1.82) is 0 Å². The second kappa shape index (κ2) is 8.05. The zero-order chi connectivity index (χ0) is 19.4. The molecule has 2 N–H and O–H groups in total. The van der Waals surface area contributed by atoms with Crippen LogP contribution in [0, 0.1) is 0 Å². The lowest BCUT2D eigenvalue weighted by atomic mass is 10.1. The fourth-order valence-electron chi connectivity index (χ4n) is 2.60. The number of nitrogens with zero attached hydrogens (tertiary/aromatic N) is 1. The van der Waals surface area contributed by atoms with E-state index >= 15 is 0 Å². The summed E-state index contributed by atoms with van der Waals surface area (Å²) in [5.74, 6) is 0.207. The Morgan fingerprint density at radius 2 is 1.81 bits per heavy atom. The minimum absolute atomic E-state index is 0.0829. The lowest BCUT2D eigenvalue weighted by Gasteiger charge is -2.14. The molecule has 0 aliphatic carbocycles. The van der Waals surface area contributed by atoms with Crippen LogP contribution in [0.4, 0.5) is 0 Å². The van der Waals surface area contributed by atoms with Crippen molar-refractivity contribution in [2.45, 2.75) is 5.16 Å². The first-order valence-electron chi connectivity index (χ1n) is 7.94. The van der Waals surface area contributed by atoms with Gasteiger partial charge in [0.25, 0.3) is 0 Å². The van der Waals surface area contributed by atoms with Crippen LogP contribution in [0.3, 0.4) is 0 Å². The molecule has 2 aromatic carbocycles. The lowest BCUT2D eigenvalue weighted by Crippen LogP contribution is -2.00. The van der Waals surface area contributed by atoms with E-state index < -0.39 is 5.97 Å². The summed E-state index contributed by atoms with van der Waals surface area (Å²) in [6, 6.07) is 10.9. The van der Waals surface area contributed by atoms with Gasteiger partial charge in [-0.25, -0.2) is 9.78 Å². The largest absolute Gasteiger partial charge is 0.493 e. The number of para-hydroxylation sites is 2. The monoisotopic (exact) mass is 386 g/mol. The molecule has 0 radical (unpaired) electrons. The van der Waals surface area contributed by atoms with E-state index in [1.165, 1.54) is 27.4 Å². The Kier molecular flexibility index (Phi) is 5.56. The van der Waals surface area contributed by atoms with E-state index in [4.69, 9.17) is 14.2 Å². The van der Waals surface area contributed by atoms with E-state index in [-0.39, 0.29) is 4.91 Å². The molecule has 140 valence electrons. The van der Waals surface area contributed by atoms with E-state index in [0.717, 1.165) is 22.8 Å². The maximum Gasteiger partial charge on any atom is 0.342 e. The first-order chi connectivity index (χ1) is 13.1. The summed E-state index contributed by atoms with van der Waals surface area (Å²) in [5, 5.41) is 10.1. The minimum atomic E-state index is -1.07. The van der Waals surface area contributed by atoms with Crippen molar-refractivity contribution < 1.29 is 24.1 Å². The standard InChI is InChI=1S/C19H18N2O5S/c1-24-14-9-8-11(16(25-2)17(14)26-3)10-15(18(22)23)27-19-20-12-6-4-5-7-13(12)21-19/h4-10H,1-3H3,(H,20,21)(H,22,23)/b15-10-. The van der Waals surface area contributed by atoms with Gasteiger partial charge in [0.1, 0.15) is 4.91 Å². The second-order valence-corrected chi connectivity index (χ2v) is 6.43. The molecular formula is C19H18N2O5S. The number of carbonyl (C=O) groups is 1. The third-order valence-corrected chi connectivity index (χ3v) is 4.71. The van der Waals surface area contributed by atoms with Crippen LogP contribution >= 0.6 is 11.8 Å². The third-order valence-electron chi connectivity index (χ3n) is 3.81. The Morgan fingerprint density at radius 1 is 1.07 bits per heavy atom. The quantitative estimate of drug-likeness (QED) is 0.471. The van der Waals surface area contributed by atoms with Gasteiger partial charge in [-0.3, -0.25) is 0 Å². The number of nitrogens with one attached hydrogen (secondary N) is 1. The summed E-state index contributed by atoms with van der Waals surface area (Å²) in [4.78, 5) is 19.4. The zero-order valence-electron chi connectivity index (χ0n) is 15.0. The second-order valence-electron chi connectivity index (χ2n) is 5.40. The molecule has 0 saturated carbocycles. The van der Waals surface area contributed by atoms with E-state index in [1.54, 1.807) is 12.1 Å². The molecule has 0 amide bonds. The molecule has 3 rings (SSSR count). The Balaban J connectivity index is 2.02. The first kappa shape index (κ1) is 18.7. The molecule has 1 aromatic heterocycles. The van der Waals surface area contributed by atoms with Gasteiger partial charge in [-0.1, -0.05) is 12.1 Å². The van der Waals surface area contributed by atoms with Crippen LogP contribution in [0.1, 0.15) is 5.56 Å². The van der Waals surface area contributed by atoms with Crippen molar-refractivity contribution in [2.75, 3.05) is 21.3 Å². The Bertz CT molecular complexity index is 980. The smallest absolute Gasteiger partial charge is 0.342 e. The van der Waals surface area contributed by atoms with Crippen LogP contribution in [0.5, 0.6) is 17.2 Å². The number of thioether (sulfide) groups is 1. The fraction of sp³-hybridized carbons (Fsp3) is 0.158. The number of aromatic nitrogens is 2. The molecule has 27 heavy (non-hydrogen) atoms. The number of hydrogen-bond donors (Lipinski definition) is 2. The average Bonchev–Trinajstić information content (AvgIpc) is 3.09. The average molecular weight is 386 g/mol. The number of imidazole rings is 1. The highest BCUT2D eigenvalue weighted by atomic mass is 32.2. The summed E-state index contributed by atoms with van der Waals surface area (Å²) >= 11 is 1.03. The number of fused-ring (bicyclic) bond motifs is 1. The predicted molar refractivity (Wildman–Crippen MR) is 104 cm³/mol. The van der Waals surface area contributed by atoms with Crippen LogP contribution in [0.25, 0.3) is 17.1 Å². The van der Waals surface area contributed by atoms with Gasteiger partial charge in [0.15, 0.2) is 16.7 Å². The molecular weight excluding hydrogens is 368 g/mol. The molecule has 1 heterocycles. The predicted octanol–water partition coefficient (Wildman–Crippen LogP) is 3.81. The normalized spacial score (nSPS) is 11.4. The molecule has 0 unspecified atom stereocenters. The summed E-state index contributed by atoms with van der Waals surface area (Å²) in [6.07, 6.45) is 1.51. The van der Waals surface area contributed by atoms with Gasteiger partial charge in [0.2, 0.25) is 5.75 Å². The summed E-state index contributed by atoms with van der Waals surface area (Å²) in [5.41, 5.74) is 2.16. The maximum absolute atomic E-state index is 11.8.